The summed E-state index contributed by atoms with van der Waals surface area (Å²) in [7, 11) is 0. The number of rotatable bonds is 8. The molecule has 116 valence electrons. The summed E-state index contributed by atoms with van der Waals surface area (Å²) >= 11 is 1.71. The highest BCUT2D eigenvalue weighted by Crippen LogP contribution is 2.31. The third kappa shape index (κ3) is 3.83. The number of nitrogens with zero attached hydrogens (tertiary/aromatic N) is 3. The Labute approximate surface area is 130 Å². The Hall–Kier alpha value is -1.40. The van der Waals surface area contributed by atoms with E-state index in [0.29, 0.717) is 5.95 Å². The highest BCUT2D eigenvalue weighted by atomic mass is 32.1. The smallest absolute Gasteiger partial charge is 0.226 e. The van der Waals surface area contributed by atoms with Gasteiger partial charge in [0, 0.05) is 31.1 Å². The van der Waals surface area contributed by atoms with Crippen LogP contribution in [0.15, 0.2) is 6.07 Å². The number of likely N-dealkylation sites (N-methyl/N-ethyl adjacent to an activating group) is 1. The number of nitrogens with one attached hydrogen (secondary N) is 1. The van der Waals surface area contributed by atoms with Gasteiger partial charge in [0.2, 0.25) is 5.95 Å². The molecule has 1 N–H and O–H groups in total. The predicted molar refractivity (Wildman–Crippen MR) is 90.7 cm³/mol. The third-order valence-corrected chi connectivity index (χ3v) is 4.17. The van der Waals surface area contributed by atoms with Crippen LogP contribution in [0.2, 0.25) is 0 Å². The van der Waals surface area contributed by atoms with Crippen LogP contribution >= 0.6 is 11.3 Å². The van der Waals surface area contributed by atoms with Gasteiger partial charge in [-0.2, -0.15) is 4.98 Å². The number of thiophene rings is 1. The summed E-state index contributed by atoms with van der Waals surface area (Å²) in [5.74, 6) is 1.71. The zero-order valence-electron chi connectivity index (χ0n) is 13.3. The molecule has 6 heteroatoms. The summed E-state index contributed by atoms with van der Waals surface area (Å²) in [6.45, 7) is 12.4. The first-order valence-corrected chi connectivity index (χ1v) is 8.35. The van der Waals surface area contributed by atoms with Crippen LogP contribution in [0.4, 0.5) is 11.8 Å². The Balaban J connectivity index is 2.37. The molecule has 0 atom stereocenters. The number of anilines is 2. The highest BCUT2D eigenvalue weighted by molar-refractivity contribution is 7.18. The lowest BCUT2D eigenvalue weighted by atomic mass is 10.3. The first-order valence-electron chi connectivity index (χ1n) is 7.54. The molecule has 0 saturated heterocycles. The Morgan fingerprint density at radius 3 is 2.76 bits per heavy atom. The Morgan fingerprint density at radius 2 is 2.10 bits per heavy atom. The molecule has 0 spiro atoms. The SMILES string of the molecule is CCNc1nc(N(CC)CCOCC)c2cc(C)sc2n1. The lowest BCUT2D eigenvalue weighted by Gasteiger charge is -2.23. The Morgan fingerprint density at radius 1 is 1.29 bits per heavy atom. The van der Waals surface area contributed by atoms with E-state index in [9.17, 15) is 0 Å². The van der Waals surface area contributed by atoms with Crippen LogP contribution in [-0.2, 0) is 4.74 Å². The zero-order chi connectivity index (χ0) is 15.2. The van der Waals surface area contributed by atoms with Gasteiger partial charge < -0.3 is 15.0 Å². The van der Waals surface area contributed by atoms with Gasteiger partial charge in [-0.15, -0.1) is 11.3 Å². The summed E-state index contributed by atoms with van der Waals surface area (Å²) in [6, 6.07) is 2.17. The van der Waals surface area contributed by atoms with Crippen molar-refractivity contribution in [2.45, 2.75) is 27.7 Å². The first-order chi connectivity index (χ1) is 10.2. The summed E-state index contributed by atoms with van der Waals surface area (Å²) in [4.78, 5) is 13.9. The van der Waals surface area contributed by atoms with E-state index in [-0.39, 0.29) is 0 Å². The van der Waals surface area contributed by atoms with Crippen LogP contribution < -0.4 is 10.2 Å². The molecule has 2 aromatic rings. The summed E-state index contributed by atoms with van der Waals surface area (Å²) in [6.07, 6.45) is 0. The van der Waals surface area contributed by atoms with Crippen molar-refractivity contribution in [2.75, 3.05) is 43.1 Å². The first kappa shape index (κ1) is 16.0. The largest absolute Gasteiger partial charge is 0.380 e. The highest BCUT2D eigenvalue weighted by Gasteiger charge is 2.15. The normalized spacial score (nSPS) is 11.0. The fourth-order valence-corrected chi connectivity index (χ4v) is 3.11. The predicted octanol–water partition coefficient (Wildman–Crippen LogP) is 3.29. The van der Waals surface area contributed by atoms with Gasteiger partial charge in [0.05, 0.1) is 12.0 Å². The van der Waals surface area contributed by atoms with Crippen molar-refractivity contribution >= 4 is 33.3 Å². The maximum absolute atomic E-state index is 5.48. The molecule has 2 aromatic heterocycles. The number of aromatic nitrogens is 2. The van der Waals surface area contributed by atoms with Crippen LogP contribution in [-0.4, -0.2) is 42.8 Å². The van der Waals surface area contributed by atoms with E-state index in [1.807, 2.05) is 6.92 Å². The van der Waals surface area contributed by atoms with Gasteiger partial charge >= 0.3 is 0 Å². The van der Waals surface area contributed by atoms with Crippen molar-refractivity contribution in [1.82, 2.24) is 9.97 Å². The lowest BCUT2D eigenvalue weighted by Crippen LogP contribution is -2.28. The minimum Gasteiger partial charge on any atom is -0.380 e. The fraction of sp³-hybridized carbons (Fsp3) is 0.600. The molecule has 21 heavy (non-hydrogen) atoms. The van der Waals surface area contributed by atoms with E-state index in [0.717, 1.165) is 48.9 Å². The van der Waals surface area contributed by atoms with E-state index in [4.69, 9.17) is 9.72 Å². The fourth-order valence-electron chi connectivity index (χ4n) is 2.24. The van der Waals surface area contributed by atoms with Crippen LogP contribution in [0.25, 0.3) is 10.2 Å². The van der Waals surface area contributed by atoms with Gasteiger partial charge in [-0.25, -0.2) is 4.98 Å². The van der Waals surface area contributed by atoms with Gasteiger partial charge in [0.15, 0.2) is 0 Å². The minimum absolute atomic E-state index is 0.705. The number of aryl methyl sites for hydroxylation is 1. The van der Waals surface area contributed by atoms with E-state index in [2.05, 4.69) is 42.0 Å². The van der Waals surface area contributed by atoms with Crippen LogP contribution in [0.1, 0.15) is 25.6 Å². The number of ether oxygens (including phenoxy) is 1. The molecule has 0 saturated carbocycles. The molecule has 0 aromatic carbocycles. The number of fused-ring (bicyclic) bond motifs is 1. The lowest BCUT2D eigenvalue weighted by molar-refractivity contribution is 0.154. The molecule has 0 fully saturated rings. The minimum atomic E-state index is 0.705. The molecule has 2 heterocycles. The van der Waals surface area contributed by atoms with Gasteiger partial charge in [0.1, 0.15) is 10.6 Å². The Kier molecular flexibility index (Phi) is 5.76. The molecule has 0 radical (unpaired) electrons. The molecular formula is C15H24N4OS. The summed E-state index contributed by atoms with van der Waals surface area (Å²) in [5, 5.41) is 4.36. The molecule has 5 nitrogen and oxygen atoms in total. The average Bonchev–Trinajstić information content (AvgIpc) is 2.84. The molecule has 0 unspecified atom stereocenters. The third-order valence-electron chi connectivity index (χ3n) is 3.22. The van der Waals surface area contributed by atoms with Crippen molar-refractivity contribution in [3.63, 3.8) is 0 Å². The number of hydrogen-bond acceptors (Lipinski definition) is 6. The van der Waals surface area contributed by atoms with Crippen molar-refractivity contribution < 1.29 is 4.74 Å². The van der Waals surface area contributed by atoms with E-state index < -0.39 is 0 Å². The summed E-state index contributed by atoms with van der Waals surface area (Å²) in [5.41, 5.74) is 0. The van der Waals surface area contributed by atoms with E-state index >= 15 is 0 Å². The molecule has 0 aliphatic heterocycles. The van der Waals surface area contributed by atoms with Gasteiger partial charge in [-0.1, -0.05) is 0 Å². The molecule has 0 aliphatic carbocycles. The quantitative estimate of drug-likeness (QED) is 0.758. The van der Waals surface area contributed by atoms with Crippen molar-refractivity contribution in [1.29, 1.82) is 0 Å². The van der Waals surface area contributed by atoms with E-state index in [1.165, 1.54) is 4.88 Å². The standard InChI is InChI=1S/C15H24N4OS/c1-5-16-15-17-13(19(6-2)8-9-20-7-3)12-10-11(4)21-14(12)18-15/h10H,5-9H2,1-4H3,(H,16,17,18). The zero-order valence-corrected chi connectivity index (χ0v) is 14.1. The Bertz CT molecular complexity index is 584. The van der Waals surface area contributed by atoms with Crippen molar-refractivity contribution in [2.24, 2.45) is 0 Å². The van der Waals surface area contributed by atoms with Crippen molar-refractivity contribution in [3.8, 4) is 0 Å². The van der Waals surface area contributed by atoms with Crippen molar-refractivity contribution in [3.05, 3.63) is 10.9 Å². The van der Waals surface area contributed by atoms with Gasteiger partial charge in [-0.3, -0.25) is 0 Å². The molecule has 0 aliphatic rings. The molecule has 0 amide bonds. The topological polar surface area (TPSA) is 50.3 Å². The maximum atomic E-state index is 5.48. The van der Waals surface area contributed by atoms with E-state index in [1.54, 1.807) is 11.3 Å². The van der Waals surface area contributed by atoms with Gasteiger partial charge in [0.25, 0.3) is 0 Å². The monoisotopic (exact) mass is 308 g/mol. The van der Waals surface area contributed by atoms with Crippen LogP contribution in [0.3, 0.4) is 0 Å². The van der Waals surface area contributed by atoms with Crippen LogP contribution in [0, 0.1) is 6.92 Å². The molecular weight excluding hydrogens is 284 g/mol. The molecule has 0 bridgehead atoms. The second-order valence-corrected chi connectivity index (χ2v) is 5.99. The van der Waals surface area contributed by atoms with Crippen LogP contribution in [0.5, 0.6) is 0 Å². The summed E-state index contributed by atoms with van der Waals surface area (Å²) < 4.78 is 5.48. The number of hydrogen-bond donors (Lipinski definition) is 1. The maximum Gasteiger partial charge on any atom is 0.226 e. The average molecular weight is 308 g/mol. The second-order valence-electron chi connectivity index (χ2n) is 4.75. The van der Waals surface area contributed by atoms with Gasteiger partial charge in [-0.05, 0) is 33.8 Å². The second kappa shape index (κ2) is 7.56. The molecule has 2 rings (SSSR count).